The molecule has 0 atom stereocenters. The first kappa shape index (κ1) is 22.7. The van der Waals surface area contributed by atoms with Crippen molar-refractivity contribution in [3.05, 3.63) is 48.4 Å². The number of hydrogen-bond acceptors (Lipinski definition) is 8. The molecule has 0 unspecified atom stereocenters. The summed E-state index contributed by atoms with van der Waals surface area (Å²) in [4.78, 5) is 25.4. The van der Waals surface area contributed by atoms with Crippen LogP contribution in [0.5, 0.6) is 5.75 Å². The Morgan fingerprint density at radius 3 is 2.76 bits per heavy atom. The lowest BCUT2D eigenvalue weighted by atomic mass is 9.97. The third-order valence-electron chi connectivity index (χ3n) is 4.71. The Kier molecular flexibility index (Phi) is 6.55. The van der Waals surface area contributed by atoms with Crippen LogP contribution in [0.25, 0.3) is 21.3 Å². The number of thiazole rings is 1. The third-order valence-corrected chi connectivity index (χ3v) is 5.64. The molecule has 9 nitrogen and oxygen atoms in total. The third kappa shape index (κ3) is 5.64. The highest BCUT2D eigenvalue weighted by molar-refractivity contribution is 7.22. The van der Waals surface area contributed by atoms with Crippen LogP contribution in [0.4, 0.5) is 9.93 Å². The van der Waals surface area contributed by atoms with Crippen molar-refractivity contribution in [1.29, 1.82) is 0 Å². The van der Waals surface area contributed by atoms with Crippen LogP contribution in [-0.2, 0) is 11.8 Å². The van der Waals surface area contributed by atoms with Gasteiger partial charge in [0, 0.05) is 30.1 Å². The SMILES string of the molecule is CCOc1cncc(-c2ccc3nc(NC(=O)NCCc4noc(C(C)(C)C)n4)sc3c2)c1. The second kappa shape index (κ2) is 9.53. The van der Waals surface area contributed by atoms with E-state index in [1.165, 1.54) is 11.3 Å². The molecule has 3 heterocycles. The second-order valence-corrected chi connectivity index (χ2v) is 9.47. The van der Waals surface area contributed by atoms with Gasteiger partial charge in [-0.05, 0) is 30.7 Å². The van der Waals surface area contributed by atoms with E-state index in [4.69, 9.17) is 9.26 Å². The Morgan fingerprint density at radius 2 is 2.00 bits per heavy atom. The molecule has 0 fully saturated rings. The summed E-state index contributed by atoms with van der Waals surface area (Å²) in [5.74, 6) is 1.88. The normalized spacial score (nSPS) is 11.5. The number of ether oxygens (including phenoxy) is 1. The second-order valence-electron chi connectivity index (χ2n) is 8.44. The van der Waals surface area contributed by atoms with E-state index in [2.05, 4.69) is 30.7 Å². The predicted octanol–water partition coefficient (Wildman–Crippen LogP) is 4.80. The summed E-state index contributed by atoms with van der Waals surface area (Å²) in [5, 5.41) is 10.1. The van der Waals surface area contributed by atoms with Gasteiger partial charge in [0.05, 0.1) is 23.0 Å². The summed E-state index contributed by atoms with van der Waals surface area (Å²) in [6.45, 7) is 8.93. The molecule has 0 aliphatic carbocycles. The van der Waals surface area contributed by atoms with E-state index in [0.29, 0.717) is 36.4 Å². The molecule has 4 rings (SSSR count). The molecule has 0 bridgehead atoms. The van der Waals surface area contributed by atoms with E-state index < -0.39 is 0 Å². The molecule has 33 heavy (non-hydrogen) atoms. The van der Waals surface area contributed by atoms with Crippen LogP contribution in [0, 0.1) is 0 Å². The van der Waals surface area contributed by atoms with Gasteiger partial charge in [0.1, 0.15) is 5.75 Å². The van der Waals surface area contributed by atoms with Crippen molar-refractivity contribution >= 4 is 32.7 Å². The van der Waals surface area contributed by atoms with Crippen molar-refractivity contribution in [2.45, 2.75) is 39.5 Å². The molecule has 0 saturated carbocycles. The Balaban J connectivity index is 1.36. The van der Waals surface area contributed by atoms with Crippen molar-refractivity contribution in [1.82, 2.24) is 25.4 Å². The lowest BCUT2D eigenvalue weighted by Crippen LogP contribution is -2.30. The number of amides is 2. The number of hydrogen-bond donors (Lipinski definition) is 2. The molecule has 10 heteroatoms. The van der Waals surface area contributed by atoms with E-state index in [0.717, 1.165) is 27.1 Å². The number of nitrogens with one attached hydrogen (secondary N) is 2. The maximum absolute atomic E-state index is 12.3. The molecule has 4 aromatic rings. The number of pyridine rings is 1. The molecular formula is C23H26N6O3S. The van der Waals surface area contributed by atoms with Crippen LogP contribution in [0.2, 0.25) is 0 Å². The summed E-state index contributed by atoms with van der Waals surface area (Å²) >= 11 is 1.41. The first-order valence-electron chi connectivity index (χ1n) is 10.7. The Bertz CT molecular complexity index is 1260. The minimum absolute atomic E-state index is 0.203. The number of carbonyl (C=O) groups excluding carboxylic acids is 1. The highest BCUT2D eigenvalue weighted by atomic mass is 32.1. The Labute approximate surface area is 195 Å². The monoisotopic (exact) mass is 466 g/mol. The van der Waals surface area contributed by atoms with Gasteiger partial charge in [-0.3, -0.25) is 10.3 Å². The van der Waals surface area contributed by atoms with Gasteiger partial charge in [0.25, 0.3) is 0 Å². The number of carbonyl (C=O) groups is 1. The first-order valence-corrected chi connectivity index (χ1v) is 11.5. The largest absolute Gasteiger partial charge is 0.492 e. The van der Waals surface area contributed by atoms with Gasteiger partial charge < -0.3 is 14.6 Å². The van der Waals surface area contributed by atoms with Gasteiger partial charge in [0.2, 0.25) is 5.89 Å². The molecule has 0 aliphatic heterocycles. The van der Waals surface area contributed by atoms with Crippen LogP contribution < -0.4 is 15.4 Å². The van der Waals surface area contributed by atoms with Crippen LogP contribution in [0.1, 0.15) is 39.4 Å². The molecule has 0 aliphatic rings. The zero-order valence-electron chi connectivity index (χ0n) is 19.0. The highest BCUT2D eigenvalue weighted by Gasteiger charge is 2.21. The minimum atomic E-state index is -0.331. The maximum Gasteiger partial charge on any atom is 0.321 e. The van der Waals surface area contributed by atoms with Gasteiger partial charge in [-0.15, -0.1) is 0 Å². The van der Waals surface area contributed by atoms with E-state index in [1.54, 1.807) is 12.4 Å². The van der Waals surface area contributed by atoms with Gasteiger partial charge in [-0.25, -0.2) is 9.78 Å². The Morgan fingerprint density at radius 1 is 1.15 bits per heavy atom. The van der Waals surface area contributed by atoms with Gasteiger partial charge in [-0.1, -0.05) is 43.3 Å². The zero-order chi connectivity index (χ0) is 23.4. The van der Waals surface area contributed by atoms with Crippen molar-refractivity contribution in [2.24, 2.45) is 0 Å². The molecule has 3 aromatic heterocycles. The first-order chi connectivity index (χ1) is 15.8. The quantitative estimate of drug-likeness (QED) is 0.402. The van der Waals surface area contributed by atoms with Gasteiger partial charge in [0.15, 0.2) is 11.0 Å². The molecule has 0 radical (unpaired) electrons. The fourth-order valence-electron chi connectivity index (χ4n) is 3.07. The molecular weight excluding hydrogens is 440 g/mol. The average Bonchev–Trinajstić information content (AvgIpc) is 3.40. The lowest BCUT2D eigenvalue weighted by Gasteiger charge is -2.10. The number of rotatable bonds is 7. The number of fused-ring (bicyclic) bond motifs is 1. The van der Waals surface area contributed by atoms with Crippen LogP contribution >= 0.6 is 11.3 Å². The van der Waals surface area contributed by atoms with Gasteiger partial charge in [-0.2, -0.15) is 4.98 Å². The maximum atomic E-state index is 12.3. The van der Waals surface area contributed by atoms with E-state index in [-0.39, 0.29) is 11.4 Å². The molecule has 1 aromatic carbocycles. The van der Waals surface area contributed by atoms with Crippen molar-refractivity contribution in [3.8, 4) is 16.9 Å². The van der Waals surface area contributed by atoms with Crippen molar-refractivity contribution in [2.75, 3.05) is 18.5 Å². The van der Waals surface area contributed by atoms with E-state index in [9.17, 15) is 4.79 Å². The lowest BCUT2D eigenvalue weighted by molar-refractivity contribution is 0.252. The van der Waals surface area contributed by atoms with Crippen molar-refractivity contribution < 1.29 is 14.1 Å². The zero-order valence-corrected chi connectivity index (χ0v) is 19.8. The summed E-state index contributed by atoms with van der Waals surface area (Å²) in [5.41, 5.74) is 2.57. The summed E-state index contributed by atoms with van der Waals surface area (Å²) < 4.78 is 11.8. The smallest absolute Gasteiger partial charge is 0.321 e. The number of aromatic nitrogens is 4. The number of urea groups is 1. The minimum Gasteiger partial charge on any atom is -0.492 e. The van der Waals surface area contributed by atoms with Crippen LogP contribution in [-0.4, -0.2) is 39.3 Å². The fourth-order valence-corrected chi connectivity index (χ4v) is 3.97. The van der Waals surface area contributed by atoms with Crippen LogP contribution in [0.15, 0.2) is 41.2 Å². The standard InChI is InChI=1S/C23H26N6O3S/c1-5-31-16-10-15(12-24-13-16)14-6-7-17-18(11-14)33-22(26-17)28-21(30)25-9-8-19-27-20(32-29-19)23(2,3)4/h6-7,10-13H,5,8-9H2,1-4H3,(H2,25,26,28,30). The summed E-state index contributed by atoms with van der Waals surface area (Å²) in [6, 6.07) is 7.57. The molecule has 2 amide bonds. The summed E-state index contributed by atoms with van der Waals surface area (Å²) in [6.07, 6.45) is 3.97. The number of nitrogens with zero attached hydrogens (tertiary/aromatic N) is 4. The summed E-state index contributed by atoms with van der Waals surface area (Å²) in [7, 11) is 0. The topological polar surface area (TPSA) is 115 Å². The van der Waals surface area contributed by atoms with E-state index in [1.807, 2.05) is 52.0 Å². The van der Waals surface area contributed by atoms with Gasteiger partial charge >= 0.3 is 6.03 Å². The Hall–Kier alpha value is -3.53. The van der Waals surface area contributed by atoms with Crippen molar-refractivity contribution in [3.63, 3.8) is 0 Å². The molecule has 172 valence electrons. The van der Waals surface area contributed by atoms with E-state index >= 15 is 0 Å². The average molecular weight is 467 g/mol. The molecule has 2 N–H and O–H groups in total. The van der Waals surface area contributed by atoms with Crippen LogP contribution in [0.3, 0.4) is 0 Å². The molecule has 0 saturated heterocycles. The number of anilines is 1. The highest BCUT2D eigenvalue weighted by Crippen LogP contribution is 2.31. The molecule has 0 spiro atoms. The predicted molar refractivity (Wildman–Crippen MR) is 128 cm³/mol. The fraction of sp³-hybridized carbons (Fsp3) is 0.348. The number of benzene rings is 1.